The zero-order valence-electron chi connectivity index (χ0n) is 9.53. The van der Waals surface area contributed by atoms with Gasteiger partial charge >= 0.3 is 0 Å². The van der Waals surface area contributed by atoms with E-state index in [1.54, 1.807) is 12.5 Å². The first-order chi connectivity index (χ1) is 7.09. The van der Waals surface area contributed by atoms with Crippen LogP contribution >= 0.6 is 0 Å². The van der Waals surface area contributed by atoms with Gasteiger partial charge in [0.2, 0.25) is 0 Å². The fourth-order valence-electron chi connectivity index (χ4n) is 1.47. The van der Waals surface area contributed by atoms with Crippen molar-refractivity contribution in [3.8, 4) is 0 Å². The van der Waals surface area contributed by atoms with Crippen molar-refractivity contribution in [1.82, 2.24) is 5.32 Å². The van der Waals surface area contributed by atoms with E-state index in [2.05, 4.69) is 19.2 Å². The van der Waals surface area contributed by atoms with Crippen LogP contribution in [0.3, 0.4) is 0 Å². The standard InChI is InChI=1S/C11H19NO2S/c1-9(6-8-15(3)13)12-10(2)11-5-4-7-14-11/h4-5,7,9-10,12H,6,8H2,1-3H3. The number of furan rings is 1. The van der Waals surface area contributed by atoms with Crippen LogP contribution < -0.4 is 5.32 Å². The van der Waals surface area contributed by atoms with Gasteiger partial charge in [-0.1, -0.05) is 0 Å². The number of hydrogen-bond acceptors (Lipinski definition) is 3. The summed E-state index contributed by atoms with van der Waals surface area (Å²) in [6, 6.07) is 4.41. The molecule has 0 radical (unpaired) electrons. The van der Waals surface area contributed by atoms with Gasteiger partial charge in [0.25, 0.3) is 0 Å². The summed E-state index contributed by atoms with van der Waals surface area (Å²) < 4.78 is 16.2. The van der Waals surface area contributed by atoms with Crippen LogP contribution in [0, 0.1) is 0 Å². The highest BCUT2D eigenvalue weighted by atomic mass is 32.2. The van der Waals surface area contributed by atoms with Gasteiger partial charge in [0.15, 0.2) is 0 Å². The maximum Gasteiger partial charge on any atom is 0.120 e. The van der Waals surface area contributed by atoms with Crippen LogP contribution in [-0.4, -0.2) is 22.3 Å². The second kappa shape index (κ2) is 6.08. The summed E-state index contributed by atoms with van der Waals surface area (Å²) in [5.74, 6) is 1.69. The summed E-state index contributed by atoms with van der Waals surface area (Å²) in [5, 5.41) is 3.41. The molecule has 0 aliphatic carbocycles. The fourth-order valence-corrected chi connectivity index (χ4v) is 2.16. The zero-order chi connectivity index (χ0) is 11.3. The molecule has 0 bridgehead atoms. The summed E-state index contributed by atoms with van der Waals surface area (Å²) in [4.78, 5) is 0. The third-order valence-electron chi connectivity index (χ3n) is 2.34. The SMILES string of the molecule is CC(CCS(C)=O)NC(C)c1ccco1. The van der Waals surface area contributed by atoms with E-state index in [0.29, 0.717) is 6.04 Å². The monoisotopic (exact) mass is 229 g/mol. The minimum absolute atomic E-state index is 0.209. The van der Waals surface area contributed by atoms with E-state index in [4.69, 9.17) is 4.42 Å². The van der Waals surface area contributed by atoms with Crippen molar-refractivity contribution in [1.29, 1.82) is 0 Å². The first kappa shape index (κ1) is 12.5. The Kier molecular flexibility index (Phi) is 5.05. The molecule has 3 atom stereocenters. The molecule has 1 heterocycles. The molecule has 0 aliphatic rings. The Morgan fingerprint density at radius 1 is 1.53 bits per heavy atom. The normalized spacial score (nSPS) is 17.3. The summed E-state index contributed by atoms with van der Waals surface area (Å²) in [5.41, 5.74) is 0. The molecule has 15 heavy (non-hydrogen) atoms. The Balaban J connectivity index is 2.31. The highest BCUT2D eigenvalue weighted by Crippen LogP contribution is 2.13. The second-order valence-electron chi connectivity index (χ2n) is 3.87. The van der Waals surface area contributed by atoms with E-state index in [1.165, 1.54) is 0 Å². The van der Waals surface area contributed by atoms with Crippen molar-refractivity contribution in [2.24, 2.45) is 0 Å². The molecule has 4 heteroatoms. The van der Waals surface area contributed by atoms with Crippen molar-refractivity contribution in [2.75, 3.05) is 12.0 Å². The topological polar surface area (TPSA) is 42.2 Å². The van der Waals surface area contributed by atoms with Gasteiger partial charge in [0.05, 0.1) is 12.3 Å². The molecular formula is C11H19NO2S. The van der Waals surface area contributed by atoms with Gasteiger partial charge in [0.1, 0.15) is 5.76 Å². The predicted octanol–water partition coefficient (Wildman–Crippen LogP) is 2.09. The average molecular weight is 229 g/mol. The van der Waals surface area contributed by atoms with Gasteiger partial charge in [-0.25, -0.2) is 0 Å². The minimum Gasteiger partial charge on any atom is -0.468 e. The highest BCUT2D eigenvalue weighted by molar-refractivity contribution is 7.84. The van der Waals surface area contributed by atoms with Gasteiger partial charge in [-0.2, -0.15) is 0 Å². The van der Waals surface area contributed by atoms with Gasteiger partial charge in [0, 0.05) is 28.9 Å². The Hall–Kier alpha value is -0.610. The third-order valence-corrected chi connectivity index (χ3v) is 3.15. The first-order valence-electron chi connectivity index (χ1n) is 5.19. The van der Waals surface area contributed by atoms with Crippen LogP contribution in [0.25, 0.3) is 0 Å². The molecule has 0 aromatic carbocycles. The molecule has 0 fully saturated rings. The van der Waals surface area contributed by atoms with Crippen LogP contribution in [0.1, 0.15) is 32.1 Å². The molecule has 1 aromatic heterocycles. The number of rotatable bonds is 6. The van der Waals surface area contributed by atoms with Crippen LogP contribution in [0.5, 0.6) is 0 Å². The minimum atomic E-state index is -0.701. The predicted molar refractivity (Wildman–Crippen MR) is 63.3 cm³/mol. The van der Waals surface area contributed by atoms with Crippen molar-refractivity contribution in [3.63, 3.8) is 0 Å². The van der Waals surface area contributed by atoms with Crippen molar-refractivity contribution < 1.29 is 8.63 Å². The summed E-state index contributed by atoms with van der Waals surface area (Å²) in [6.07, 6.45) is 4.34. The summed E-state index contributed by atoms with van der Waals surface area (Å²) >= 11 is 0. The Morgan fingerprint density at radius 3 is 2.80 bits per heavy atom. The Labute approximate surface area is 93.7 Å². The molecule has 3 nitrogen and oxygen atoms in total. The third kappa shape index (κ3) is 4.62. The lowest BCUT2D eigenvalue weighted by Crippen LogP contribution is -2.29. The van der Waals surface area contributed by atoms with Crippen molar-refractivity contribution >= 4 is 10.8 Å². The van der Waals surface area contributed by atoms with E-state index in [-0.39, 0.29) is 6.04 Å². The van der Waals surface area contributed by atoms with Crippen molar-refractivity contribution in [2.45, 2.75) is 32.4 Å². The van der Waals surface area contributed by atoms with Crippen LogP contribution in [0.4, 0.5) is 0 Å². The average Bonchev–Trinajstić information content (AvgIpc) is 2.67. The van der Waals surface area contributed by atoms with Gasteiger partial charge < -0.3 is 9.73 Å². The first-order valence-corrected chi connectivity index (χ1v) is 6.91. The molecule has 1 aromatic rings. The summed E-state index contributed by atoms with van der Waals surface area (Å²) in [6.45, 7) is 4.17. The van der Waals surface area contributed by atoms with Gasteiger partial charge in [-0.05, 0) is 32.4 Å². The molecule has 0 saturated carbocycles. The maximum atomic E-state index is 10.9. The lowest BCUT2D eigenvalue weighted by molar-refractivity contribution is 0.394. The molecule has 1 rings (SSSR count). The van der Waals surface area contributed by atoms with E-state index >= 15 is 0 Å². The van der Waals surface area contributed by atoms with E-state index in [9.17, 15) is 4.21 Å². The Morgan fingerprint density at radius 2 is 2.27 bits per heavy atom. The lowest BCUT2D eigenvalue weighted by Gasteiger charge is -2.17. The van der Waals surface area contributed by atoms with Crippen molar-refractivity contribution in [3.05, 3.63) is 24.2 Å². The molecule has 3 unspecified atom stereocenters. The highest BCUT2D eigenvalue weighted by Gasteiger charge is 2.11. The molecular weight excluding hydrogens is 210 g/mol. The molecule has 0 amide bonds. The maximum absolute atomic E-state index is 10.9. The molecule has 1 N–H and O–H groups in total. The number of hydrogen-bond donors (Lipinski definition) is 1. The van der Waals surface area contributed by atoms with E-state index < -0.39 is 10.8 Å². The fraction of sp³-hybridized carbons (Fsp3) is 0.636. The molecule has 86 valence electrons. The van der Waals surface area contributed by atoms with Gasteiger partial charge in [-0.3, -0.25) is 4.21 Å². The van der Waals surface area contributed by atoms with E-state index in [1.807, 2.05) is 12.1 Å². The van der Waals surface area contributed by atoms with E-state index in [0.717, 1.165) is 17.9 Å². The van der Waals surface area contributed by atoms with Gasteiger partial charge in [-0.15, -0.1) is 0 Å². The lowest BCUT2D eigenvalue weighted by atomic mass is 10.2. The summed E-state index contributed by atoms with van der Waals surface area (Å²) in [7, 11) is -0.701. The Bertz CT molecular complexity index is 298. The zero-order valence-corrected chi connectivity index (χ0v) is 10.3. The quantitative estimate of drug-likeness (QED) is 0.812. The molecule has 0 saturated heterocycles. The molecule has 0 spiro atoms. The smallest absolute Gasteiger partial charge is 0.120 e. The van der Waals surface area contributed by atoms with Crippen LogP contribution in [-0.2, 0) is 10.8 Å². The largest absolute Gasteiger partial charge is 0.468 e. The van der Waals surface area contributed by atoms with Crippen LogP contribution in [0.15, 0.2) is 22.8 Å². The molecule has 0 aliphatic heterocycles. The second-order valence-corrected chi connectivity index (χ2v) is 5.43. The number of nitrogens with one attached hydrogen (secondary N) is 1. The van der Waals surface area contributed by atoms with Crippen LogP contribution in [0.2, 0.25) is 0 Å².